The smallest absolute Gasteiger partial charge is 0.225 e. The van der Waals surface area contributed by atoms with Crippen LogP contribution in [0, 0.1) is 5.92 Å². The van der Waals surface area contributed by atoms with Gasteiger partial charge in [0.1, 0.15) is 5.69 Å². The molecule has 2 unspecified atom stereocenters. The maximum atomic E-state index is 12.3. The van der Waals surface area contributed by atoms with Gasteiger partial charge in [0.05, 0.1) is 16.9 Å². The molecule has 0 bridgehead atoms. The number of aliphatic hydroxyl groups excluding tert-OH is 1. The molecule has 1 saturated heterocycles. The van der Waals surface area contributed by atoms with Crippen LogP contribution in [-0.4, -0.2) is 58.6 Å². The van der Waals surface area contributed by atoms with E-state index in [4.69, 9.17) is 4.52 Å². The van der Waals surface area contributed by atoms with Gasteiger partial charge >= 0.3 is 0 Å². The lowest BCUT2D eigenvalue weighted by atomic mass is 9.98. The molecular weight excluding hydrogens is 414 g/mol. The van der Waals surface area contributed by atoms with E-state index in [-0.39, 0.29) is 29.8 Å². The van der Waals surface area contributed by atoms with E-state index in [2.05, 4.69) is 15.4 Å². The van der Waals surface area contributed by atoms with Crippen LogP contribution in [0.1, 0.15) is 61.9 Å². The molecule has 8 heteroatoms. The van der Waals surface area contributed by atoms with Crippen LogP contribution in [0.5, 0.6) is 0 Å². The topological polar surface area (TPSA) is 95.7 Å². The number of thiophene rings is 1. The number of ketones is 1. The highest BCUT2D eigenvalue weighted by Gasteiger charge is 2.34. The Hall–Kier alpha value is -2.03. The van der Waals surface area contributed by atoms with Crippen LogP contribution in [0.4, 0.5) is 0 Å². The second kappa shape index (κ2) is 10.5. The number of likely N-dealkylation sites (tertiary alicyclic amines) is 1. The van der Waals surface area contributed by atoms with Crippen LogP contribution >= 0.6 is 11.3 Å². The zero-order valence-corrected chi connectivity index (χ0v) is 18.6. The molecule has 2 aromatic rings. The van der Waals surface area contributed by atoms with Gasteiger partial charge in [-0.25, -0.2) is 0 Å². The molecule has 4 rings (SSSR count). The first-order valence-electron chi connectivity index (χ1n) is 11.3. The lowest BCUT2D eigenvalue weighted by Gasteiger charge is -2.38. The van der Waals surface area contributed by atoms with E-state index >= 15 is 0 Å². The lowest BCUT2D eigenvalue weighted by molar-refractivity contribution is -0.130. The first-order chi connectivity index (χ1) is 15.1. The van der Waals surface area contributed by atoms with Gasteiger partial charge in [0, 0.05) is 31.6 Å². The number of amides is 1. The molecule has 0 aromatic carbocycles. The van der Waals surface area contributed by atoms with Gasteiger partial charge in [-0.2, -0.15) is 0 Å². The van der Waals surface area contributed by atoms with Crippen molar-refractivity contribution in [1.82, 2.24) is 15.4 Å². The van der Waals surface area contributed by atoms with Gasteiger partial charge in [-0.3, -0.25) is 9.59 Å². The Morgan fingerprint density at radius 3 is 2.81 bits per heavy atom. The Labute approximate surface area is 186 Å². The largest absolute Gasteiger partial charge is 0.393 e. The maximum absolute atomic E-state index is 12.3. The highest BCUT2D eigenvalue weighted by atomic mass is 32.1. The number of carbonyl (C=O) groups is 2. The summed E-state index contributed by atoms with van der Waals surface area (Å²) in [6, 6.07) is 5.78. The van der Waals surface area contributed by atoms with Crippen LogP contribution in [0.25, 0.3) is 10.6 Å². The fourth-order valence-corrected chi connectivity index (χ4v) is 5.04. The van der Waals surface area contributed by atoms with E-state index in [0.717, 1.165) is 63.0 Å². The van der Waals surface area contributed by atoms with Crippen LogP contribution in [0.15, 0.2) is 28.1 Å². The summed E-state index contributed by atoms with van der Waals surface area (Å²) in [7, 11) is 0. The van der Waals surface area contributed by atoms with Gasteiger partial charge in [0.2, 0.25) is 5.91 Å². The summed E-state index contributed by atoms with van der Waals surface area (Å²) in [6.45, 7) is 2.67. The molecule has 1 saturated carbocycles. The number of aliphatic hydroxyl groups is 1. The third-order valence-corrected chi connectivity index (χ3v) is 7.15. The molecule has 168 valence electrons. The van der Waals surface area contributed by atoms with E-state index in [9.17, 15) is 14.7 Å². The van der Waals surface area contributed by atoms with Crippen molar-refractivity contribution >= 4 is 23.0 Å². The predicted molar refractivity (Wildman–Crippen MR) is 119 cm³/mol. The summed E-state index contributed by atoms with van der Waals surface area (Å²) in [5.41, 5.74) is 0.417. The van der Waals surface area contributed by atoms with E-state index in [1.54, 1.807) is 17.4 Å². The predicted octanol–water partition coefficient (Wildman–Crippen LogP) is 3.50. The highest BCUT2D eigenvalue weighted by molar-refractivity contribution is 7.13. The van der Waals surface area contributed by atoms with Crippen LogP contribution in [-0.2, 0) is 4.79 Å². The van der Waals surface area contributed by atoms with E-state index < -0.39 is 0 Å². The Kier molecular flexibility index (Phi) is 7.53. The molecular formula is C23H31N3O4S. The number of hydrogen-bond acceptors (Lipinski definition) is 7. The second-order valence-corrected chi connectivity index (χ2v) is 9.72. The summed E-state index contributed by atoms with van der Waals surface area (Å²) in [4.78, 5) is 27.8. The van der Waals surface area contributed by atoms with Crippen molar-refractivity contribution in [1.29, 1.82) is 0 Å². The maximum Gasteiger partial charge on any atom is 0.225 e. The summed E-state index contributed by atoms with van der Waals surface area (Å²) >= 11 is 1.57. The number of nitrogens with one attached hydrogen (secondary N) is 1. The molecule has 2 aromatic heterocycles. The number of carbonyl (C=O) groups excluding carboxylic acids is 2. The minimum absolute atomic E-state index is 0.0398. The fourth-order valence-electron chi connectivity index (χ4n) is 4.37. The third-order valence-electron chi connectivity index (χ3n) is 6.27. The molecule has 2 aliphatic rings. The van der Waals surface area contributed by atoms with E-state index in [0.29, 0.717) is 24.3 Å². The molecule has 0 radical (unpaired) electrons. The van der Waals surface area contributed by atoms with Crippen molar-refractivity contribution in [2.75, 3.05) is 19.6 Å². The minimum atomic E-state index is -0.252. The van der Waals surface area contributed by atoms with Crippen molar-refractivity contribution in [3.63, 3.8) is 0 Å². The highest BCUT2D eigenvalue weighted by Crippen LogP contribution is 2.26. The van der Waals surface area contributed by atoms with Gasteiger partial charge in [-0.15, -0.1) is 11.3 Å². The number of aromatic nitrogens is 1. The summed E-state index contributed by atoms with van der Waals surface area (Å²) in [5, 5.41) is 18.5. The van der Waals surface area contributed by atoms with Crippen molar-refractivity contribution in [3.05, 3.63) is 29.3 Å². The first-order valence-corrected chi connectivity index (χ1v) is 12.2. The fraction of sp³-hybridized carbons (Fsp3) is 0.609. The molecule has 1 amide bonds. The van der Waals surface area contributed by atoms with Crippen molar-refractivity contribution in [2.24, 2.45) is 5.92 Å². The normalized spacial score (nSPS) is 21.8. The molecule has 7 nitrogen and oxygen atoms in total. The molecule has 1 aliphatic carbocycles. The first kappa shape index (κ1) is 22.2. The molecule has 1 aliphatic heterocycles. The summed E-state index contributed by atoms with van der Waals surface area (Å²) in [6.07, 6.45) is 6.67. The molecule has 0 spiro atoms. The average molecular weight is 446 g/mol. The average Bonchev–Trinajstić information content (AvgIpc) is 3.47. The molecule has 31 heavy (non-hydrogen) atoms. The SMILES string of the molecule is O=C(CCCCCCN1CC(C(=O)NC2CCC(O)C2)C1)c1cc(-c2cccs2)on1. The molecule has 3 heterocycles. The van der Waals surface area contributed by atoms with Gasteiger partial charge in [-0.1, -0.05) is 24.1 Å². The number of rotatable bonds is 11. The minimum Gasteiger partial charge on any atom is -0.393 e. The number of unbranched alkanes of at least 4 members (excludes halogenated alkanes) is 3. The zero-order chi connectivity index (χ0) is 21.6. The Morgan fingerprint density at radius 1 is 1.23 bits per heavy atom. The number of nitrogens with zero attached hydrogens (tertiary/aromatic N) is 2. The Morgan fingerprint density at radius 2 is 2.06 bits per heavy atom. The third kappa shape index (κ3) is 6.02. The van der Waals surface area contributed by atoms with Crippen molar-refractivity contribution in [2.45, 2.75) is 63.5 Å². The van der Waals surface area contributed by atoms with Gasteiger partial charge in [0.25, 0.3) is 0 Å². The standard InChI is InChI=1S/C23H31N3O4S/c27-18-9-8-17(12-18)24-23(29)16-14-26(15-16)10-4-2-1-3-6-20(28)19-13-21(30-25-19)22-7-5-11-31-22/h5,7,11,13,16-18,27H,1-4,6,8-10,12,14-15H2,(H,24,29). The summed E-state index contributed by atoms with van der Waals surface area (Å²) < 4.78 is 5.28. The van der Waals surface area contributed by atoms with Gasteiger partial charge in [0.15, 0.2) is 11.5 Å². The molecule has 2 atom stereocenters. The van der Waals surface area contributed by atoms with E-state index in [1.807, 2.05) is 17.5 Å². The number of Topliss-reactive ketones (excluding diaryl/α,β-unsaturated/α-hetero) is 1. The Bertz CT molecular complexity index is 860. The van der Waals surface area contributed by atoms with E-state index in [1.165, 1.54) is 0 Å². The van der Waals surface area contributed by atoms with Crippen LogP contribution in [0.3, 0.4) is 0 Å². The summed E-state index contributed by atoms with van der Waals surface area (Å²) in [5.74, 6) is 0.930. The van der Waals surface area contributed by atoms with Crippen LogP contribution < -0.4 is 5.32 Å². The second-order valence-electron chi connectivity index (χ2n) is 8.77. The zero-order valence-electron chi connectivity index (χ0n) is 17.8. The number of hydrogen-bond donors (Lipinski definition) is 2. The monoisotopic (exact) mass is 445 g/mol. The molecule has 2 fully saturated rings. The quantitative estimate of drug-likeness (QED) is 0.406. The Balaban J connectivity index is 1.03. The van der Waals surface area contributed by atoms with Crippen molar-refractivity contribution in [3.8, 4) is 10.6 Å². The van der Waals surface area contributed by atoms with Crippen LogP contribution in [0.2, 0.25) is 0 Å². The molecule has 2 N–H and O–H groups in total. The lowest BCUT2D eigenvalue weighted by Crippen LogP contribution is -2.54. The van der Waals surface area contributed by atoms with Gasteiger partial charge in [-0.05, 0) is 50.1 Å². The van der Waals surface area contributed by atoms with Gasteiger partial charge < -0.3 is 19.8 Å². The van der Waals surface area contributed by atoms with Crippen molar-refractivity contribution < 1.29 is 19.2 Å².